The number of nitrogens with one attached hydrogen (secondary N) is 1. The molecule has 0 aliphatic carbocycles. The van der Waals surface area contributed by atoms with Gasteiger partial charge in [0.2, 0.25) is 0 Å². The Morgan fingerprint density at radius 3 is 3.00 bits per heavy atom. The average molecular weight is 216 g/mol. The van der Waals surface area contributed by atoms with Crippen molar-refractivity contribution in [3.63, 3.8) is 0 Å². The predicted molar refractivity (Wildman–Crippen MR) is 62.6 cm³/mol. The van der Waals surface area contributed by atoms with Gasteiger partial charge in [-0.05, 0) is 32.9 Å². The molecule has 0 atom stereocenters. The van der Waals surface area contributed by atoms with E-state index < -0.39 is 0 Å². The molecule has 1 aliphatic rings. The Bertz CT molecular complexity index is 497. The second kappa shape index (κ2) is 3.87. The first-order valence-corrected chi connectivity index (χ1v) is 5.85. The molecule has 4 heteroatoms. The summed E-state index contributed by atoms with van der Waals surface area (Å²) < 4.78 is 2.13. The lowest BCUT2D eigenvalue weighted by Gasteiger charge is -2.21. The maximum absolute atomic E-state index is 4.71. The van der Waals surface area contributed by atoms with E-state index in [1.54, 1.807) is 0 Å². The summed E-state index contributed by atoms with van der Waals surface area (Å²) in [5, 5.41) is 3.39. The van der Waals surface area contributed by atoms with Gasteiger partial charge < -0.3 is 9.72 Å². The molecule has 0 amide bonds. The zero-order chi connectivity index (χ0) is 11.0. The van der Waals surface area contributed by atoms with Crippen molar-refractivity contribution in [3.8, 4) is 0 Å². The largest absolute Gasteiger partial charge is 0.317 e. The van der Waals surface area contributed by atoms with Crippen molar-refractivity contribution in [3.05, 3.63) is 30.1 Å². The van der Waals surface area contributed by atoms with Gasteiger partial charge in [-0.3, -0.25) is 4.98 Å². The summed E-state index contributed by atoms with van der Waals surface area (Å²) >= 11 is 0. The molecule has 3 rings (SSSR count). The molecular weight excluding hydrogens is 200 g/mol. The quantitative estimate of drug-likeness (QED) is 0.785. The average Bonchev–Trinajstić information content (AvgIpc) is 2.69. The Kier molecular flexibility index (Phi) is 2.36. The monoisotopic (exact) mass is 216 g/mol. The van der Waals surface area contributed by atoms with Gasteiger partial charge in [0.25, 0.3) is 0 Å². The van der Waals surface area contributed by atoms with Crippen molar-refractivity contribution in [1.82, 2.24) is 19.7 Å². The summed E-state index contributed by atoms with van der Waals surface area (Å²) in [5.41, 5.74) is 2.40. The van der Waals surface area contributed by atoms with Crippen molar-refractivity contribution in [1.29, 1.82) is 0 Å². The number of hydrogen-bond acceptors (Lipinski definition) is 3. The third-order valence-electron chi connectivity index (χ3n) is 3.38. The molecule has 1 N–H and O–H groups in total. The molecule has 1 saturated heterocycles. The number of aryl methyl sites for hydroxylation is 1. The van der Waals surface area contributed by atoms with Crippen LogP contribution in [0.15, 0.2) is 18.6 Å². The topological polar surface area (TPSA) is 42.2 Å². The SMILES string of the molecule is Cc1nc(C2CCNCC2)c2cnccn12. The van der Waals surface area contributed by atoms with Crippen LogP contribution in [0.2, 0.25) is 0 Å². The molecule has 16 heavy (non-hydrogen) atoms. The molecule has 3 heterocycles. The predicted octanol–water partition coefficient (Wildman–Crippen LogP) is 1.50. The van der Waals surface area contributed by atoms with E-state index in [1.807, 2.05) is 18.6 Å². The van der Waals surface area contributed by atoms with E-state index in [9.17, 15) is 0 Å². The molecule has 0 saturated carbocycles. The number of rotatable bonds is 1. The van der Waals surface area contributed by atoms with E-state index in [0.29, 0.717) is 5.92 Å². The minimum absolute atomic E-state index is 0.592. The van der Waals surface area contributed by atoms with E-state index >= 15 is 0 Å². The minimum Gasteiger partial charge on any atom is -0.317 e. The van der Waals surface area contributed by atoms with Crippen molar-refractivity contribution < 1.29 is 0 Å². The lowest BCUT2D eigenvalue weighted by Crippen LogP contribution is -2.26. The third-order valence-corrected chi connectivity index (χ3v) is 3.38. The van der Waals surface area contributed by atoms with Crippen LogP contribution in [-0.4, -0.2) is 27.5 Å². The molecule has 4 nitrogen and oxygen atoms in total. The molecule has 0 unspecified atom stereocenters. The van der Waals surface area contributed by atoms with Crippen LogP contribution < -0.4 is 5.32 Å². The Hall–Kier alpha value is -1.42. The maximum atomic E-state index is 4.71. The van der Waals surface area contributed by atoms with Gasteiger partial charge in [0, 0.05) is 18.3 Å². The molecule has 0 radical (unpaired) electrons. The molecule has 0 spiro atoms. The summed E-state index contributed by atoms with van der Waals surface area (Å²) in [6.45, 7) is 4.25. The summed E-state index contributed by atoms with van der Waals surface area (Å²) in [5.74, 6) is 1.65. The van der Waals surface area contributed by atoms with Crippen LogP contribution in [0.3, 0.4) is 0 Å². The Balaban J connectivity index is 2.08. The van der Waals surface area contributed by atoms with Crippen LogP contribution in [0.4, 0.5) is 0 Å². The highest BCUT2D eigenvalue weighted by molar-refractivity contribution is 5.52. The molecular formula is C12H16N4. The fourth-order valence-corrected chi connectivity index (χ4v) is 2.51. The molecule has 1 aliphatic heterocycles. The standard InChI is InChI=1S/C12H16N4/c1-9-15-12(10-2-4-13-5-3-10)11-8-14-6-7-16(9)11/h6-8,10,13H,2-5H2,1H3. The number of fused-ring (bicyclic) bond motifs is 1. The highest BCUT2D eigenvalue weighted by Gasteiger charge is 2.20. The Labute approximate surface area is 94.7 Å². The summed E-state index contributed by atoms with van der Waals surface area (Å²) in [6.07, 6.45) is 8.09. The van der Waals surface area contributed by atoms with Crippen molar-refractivity contribution >= 4 is 5.52 Å². The number of aromatic nitrogens is 3. The third kappa shape index (κ3) is 1.50. The molecule has 2 aromatic rings. The van der Waals surface area contributed by atoms with Gasteiger partial charge in [-0.2, -0.15) is 0 Å². The van der Waals surface area contributed by atoms with Crippen LogP contribution in [-0.2, 0) is 0 Å². The molecule has 0 bridgehead atoms. The van der Waals surface area contributed by atoms with E-state index in [-0.39, 0.29) is 0 Å². The van der Waals surface area contributed by atoms with E-state index in [2.05, 4.69) is 21.6 Å². The van der Waals surface area contributed by atoms with Crippen molar-refractivity contribution in [2.75, 3.05) is 13.1 Å². The van der Waals surface area contributed by atoms with Crippen LogP contribution in [0.25, 0.3) is 5.52 Å². The number of piperidine rings is 1. The number of imidazole rings is 1. The van der Waals surface area contributed by atoms with Crippen LogP contribution in [0.1, 0.15) is 30.3 Å². The normalized spacial score (nSPS) is 18.1. The fourth-order valence-electron chi connectivity index (χ4n) is 2.51. The van der Waals surface area contributed by atoms with Gasteiger partial charge in [0.05, 0.1) is 17.4 Å². The van der Waals surface area contributed by atoms with Gasteiger partial charge in [-0.25, -0.2) is 4.98 Å². The first-order valence-electron chi connectivity index (χ1n) is 5.85. The van der Waals surface area contributed by atoms with Crippen molar-refractivity contribution in [2.24, 2.45) is 0 Å². The van der Waals surface area contributed by atoms with Gasteiger partial charge >= 0.3 is 0 Å². The highest BCUT2D eigenvalue weighted by Crippen LogP contribution is 2.27. The second-order valence-corrected chi connectivity index (χ2v) is 4.40. The van der Waals surface area contributed by atoms with Gasteiger partial charge in [-0.1, -0.05) is 0 Å². The highest BCUT2D eigenvalue weighted by atomic mass is 15.0. The van der Waals surface area contributed by atoms with Crippen LogP contribution in [0, 0.1) is 6.92 Å². The lowest BCUT2D eigenvalue weighted by atomic mass is 9.94. The van der Waals surface area contributed by atoms with Gasteiger partial charge in [0.1, 0.15) is 5.82 Å². The smallest absolute Gasteiger partial charge is 0.110 e. The summed E-state index contributed by atoms with van der Waals surface area (Å²) in [4.78, 5) is 8.91. The van der Waals surface area contributed by atoms with Gasteiger partial charge in [-0.15, -0.1) is 0 Å². The Morgan fingerprint density at radius 1 is 1.38 bits per heavy atom. The zero-order valence-electron chi connectivity index (χ0n) is 9.48. The second-order valence-electron chi connectivity index (χ2n) is 4.40. The number of nitrogens with zero attached hydrogens (tertiary/aromatic N) is 3. The zero-order valence-corrected chi connectivity index (χ0v) is 9.48. The minimum atomic E-state index is 0.592. The fraction of sp³-hybridized carbons (Fsp3) is 0.500. The number of hydrogen-bond donors (Lipinski definition) is 1. The van der Waals surface area contributed by atoms with E-state index in [4.69, 9.17) is 4.98 Å². The summed E-state index contributed by atoms with van der Waals surface area (Å²) in [6, 6.07) is 0. The summed E-state index contributed by atoms with van der Waals surface area (Å²) in [7, 11) is 0. The molecule has 1 fully saturated rings. The van der Waals surface area contributed by atoms with Crippen LogP contribution in [0.5, 0.6) is 0 Å². The van der Waals surface area contributed by atoms with Crippen LogP contribution >= 0.6 is 0 Å². The maximum Gasteiger partial charge on any atom is 0.110 e. The first kappa shape index (κ1) is 9.78. The molecule has 2 aromatic heterocycles. The lowest BCUT2D eigenvalue weighted by molar-refractivity contribution is 0.456. The Morgan fingerprint density at radius 2 is 2.19 bits per heavy atom. The van der Waals surface area contributed by atoms with E-state index in [0.717, 1.165) is 18.9 Å². The molecule has 0 aromatic carbocycles. The molecule has 84 valence electrons. The van der Waals surface area contributed by atoms with E-state index in [1.165, 1.54) is 24.1 Å². The van der Waals surface area contributed by atoms with Crippen molar-refractivity contribution in [2.45, 2.75) is 25.7 Å². The first-order chi connectivity index (χ1) is 7.86. The van der Waals surface area contributed by atoms with Gasteiger partial charge in [0.15, 0.2) is 0 Å².